The van der Waals surface area contributed by atoms with Gasteiger partial charge in [0.15, 0.2) is 0 Å². The standard InChI is InChI=1S/C17H28FN3/c1-5-19-13(2)15-7-6-8-16(18)17(15)21(4)12-14-9-10-20(3)11-14/h6-8,13-14,19H,5,9-12H2,1-4H3. The average Bonchev–Trinajstić information content (AvgIpc) is 2.83. The molecule has 1 fully saturated rings. The van der Waals surface area contributed by atoms with Gasteiger partial charge in [-0.05, 0) is 51.0 Å². The van der Waals surface area contributed by atoms with Crippen LogP contribution < -0.4 is 10.2 Å². The maximum absolute atomic E-state index is 14.4. The molecule has 3 nitrogen and oxygen atoms in total. The van der Waals surface area contributed by atoms with Gasteiger partial charge < -0.3 is 15.1 Å². The predicted octanol–water partition coefficient (Wildman–Crippen LogP) is 2.88. The second-order valence-electron chi connectivity index (χ2n) is 6.25. The molecular formula is C17H28FN3. The lowest BCUT2D eigenvalue weighted by Gasteiger charge is -2.28. The minimum absolute atomic E-state index is 0.119. The van der Waals surface area contributed by atoms with E-state index in [1.165, 1.54) is 6.42 Å². The van der Waals surface area contributed by atoms with Crippen molar-refractivity contribution in [1.29, 1.82) is 0 Å². The van der Waals surface area contributed by atoms with E-state index in [1.54, 1.807) is 12.1 Å². The molecule has 1 saturated heterocycles. The van der Waals surface area contributed by atoms with Gasteiger partial charge in [0.25, 0.3) is 0 Å². The van der Waals surface area contributed by atoms with E-state index in [1.807, 2.05) is 13.1 Å². The molecule has 2 unspecified atom stereocenters. The summed E-state index contributed by atoms with van der Waals surface area (Å²) < 4.78 is 14.4. The summed E-state index contributed by atoms with van der Waals surface area (Å²) in [5.41, 5.74) is 1.80. The first-order chi connectivity index (χ1) is 10.0. The quantitative estimate of drug-likeness (QED) is 0.870. The number of anilines is 1. The predicted molar refractivity (Wildman–Crippen MR) is 87.4 cm³/mol. The first-order valence-corrected chi connectivity index (χ1v) is 7.94. The summed E-state index contributed by atoms with van der Waals surface area (Å²) >= 11 is 0. The number of benzene rings is 1. The summed E-state index contributed by atoms with van der Waals surface area (Å²) in [7, 11) is 4.17. The Morgan fingerprint density at radius 2 is 2.24 bits per heavy atom. The van der Waals surface area contributed by atoms with Crippen LogP contribution in [0.25, 0.3) is 0 Å². The van der Waals surface area contributed by atoms with Gasteiger partial charge in [0.2, 0.25) is 0 Å². The van der Waals surface area contributed by atoms with E-state index in [4.69, 9.17) is 0 Å². The molecule has 21 heavy (non-hydrogen) atoms. The van der Waals surface area contributed by atoms with Gasteiger partial charge in [-0.2, -0.15) is 0 Å². The number of likely N-dealkylation sites (tertiary alicyclic amines) is 1. The Balaban J connectivity index is 2.16. The highest BCUT2D eigenvalue weighted by molar-refractivity contribution is 5.55. The summed E-state index contributed by atoms with van der Waals surface area (Å²) in [4.78, 5) is 4.45. The molecule has 0 aromatic heterocycles. The van der Waals surface area contributed by atoms with Crippen LogP contribution in [0.2, 0.25) is 0 Å². The summed E-state index contributed by atoms with van der Waals surface area (Å²) in [6.07, 6.45) is 1.20. The van der Waals surface area contributed by atoms with Gasteiger partial charge in [0.05, 0.1) is 5.69 Å². The van der Waals surface area contributed by atoms with Gasteiger partial charge in [-0.1, -0.05) is 19.1 Å². The van der Waals surface area contributed by atoms with Crippen LogP contribution in [0.3, 0.4) is 0 Å². The maximum Gasteiger partial charge on any atom is 0.146 e. The van der Waals surface area contributed by atoms with Gasteiger partial charge in [-0.3, -0.25) is 0 Å². The zero-order valence-electron chi connectivity index (χ0n) is 13.7. The monoisotopic (exact) mass is 293 g/mol. The number of halogens is 1. The van der Waals surface area contributed by atoms with E-state index in [2.05, 4.69) is 36.0 Å². The molecule has 0 amide bonds. The minimum atomic E-state index is -0.119. The van der Waals surface area contributed by atoms with E-state index >= 15 is 0 Å². The lowest BCUT2D eigenvalue weighted by molar-refractivity contribution is 0.395. The van der Waals surface area contributed by atoms with Crippen LogP contribution in [0.15, 0.2) is 18.2 Å². The second-order valence-corrected chi connectivity index (χ2v) is 6.25. The van der Waals surface area contributed by atoms with E-state index in [0.717, 1.165) is 37.4 Å². The van der Waals surface area contributed by atoms with Crippen molar-refractivity contribution in [1.82, 2.24) is 10.2 Å². The molecular weight excluding hydrogens is 265 g/mol. The molecule has 0 saturated carbocycles. The molecule has 1 aromatic rings. The molecule has 0 bridgehead atoms. The topological polar surface area (TPSA) is 18.5 Å². The lowest BCUT2D eigenvalue weighted by atomic mass is 10.0. The van der Waals surface area contributed by atoms with Crippen LogP contribution in [0.1, 0.15) is 31.9 Å². The highest BCUT2D eigenvalue weighted by atomic mass is 19.1. The van der Waals surface area contributed by atoms with Gasteiger partial charge >= 0.3 is 0 Å². The Morgan fingerprint density at radius 1 is 1.48 bits per heavy atom. The molecule has 4 heteroatoms. The Labute approximate surface area is 128 Å². The molecule has 1 N–H and O–H groups in total. The molecule has 0 spiro atoms. The SMILES string of the molecule is CCNC(C)c1cccc(F)c1N(C)CC1CCN(C)C1. The third-order valence-corrected chi connectivity index (χ3v) is 4.40. The Morgan fingerprint density at radius 3 is 2.86 bits per heavy atom. The largest absolute Gasteiger partial charge is 0.372 e. The van der Waals surface area contributed by atoms with Crippen molar-refractivity contribution >= 4 is 5.69 Å². The summed E-state index contributed by atoms with van der Waals surface area (Å²) in [5, 5.41) is 3.38. The van der Waals surface area contributed by atoms with Crippen LogP contribution in [0, 0.1) is 11.7 Å². The molecule has 0 aliphatic carbocycles. The summed E-state index contributed by atoms with van der Waals surface area (Å²) in [5.74, 6) is 0.507. The summed E-state index contributed by atoms with van der Waals surface area (Å²) in [6, 6.07) is 5.56. The first kappa shape index (κ1) is 16.2. The number of para-hydroxylation sites is 1. The van der Waals surface area contributed by atoms with Crippen LogP contribution in [-0.2, 0) is 0 Å². The molecule has 1 aromatic carbocycles. The van der Waals surface area contributed by atoms with Crippen LogP contribution in [-0.4, -0.2) is 45.2 Å². The van der Waals surface area contributed by atoms with E-state index in [9.17, 15) is 4.39 Å². The minimum Gasteiger partial charge on any atom is -0.372 e. The summed E-state index contributed by atoms with van der Waals surface area (Å²) in [6.45, 7) is 8.23. The smallest absolute Gasteiger partial charge is 0.146 e. The Kier molecular flexibility index (Phi) is 5.59. The van der Waals surface area contributed by atoms with E-state index < -0.39 is 0 Å². The fourth-order valence-electron chi connectivity index (χ4n) is 3.35. The average molecular weight is 293 g/mol. The first-order valence-electron chi connectivity index (χ1n) is 7.94. The lowest BCUT2D eigenvalue weighted by Crippen LogP contribution is -2.30. The zero-order valence-corrected chi connectivity index (χ0v) is 13.7. The van der Waals surface area contributed by atoms with Gasteiger partial charge in [-0.25, -0.2) is 4.39 Å². The molecule has 2 atom stereocenters. The van der Waals surface area contributed by atoms with Crippen molar-refractivity contribution in [3.8, 4) is 0 Å². The number of hydrogen-bond acceptors (Lipinski definition) is 3. The van der Waals surface area contributed by atoms with Gasteiger partial charge in [0.1, 0.15) is 5.82 Å². The molecule has 1 heterocycles. The highest BCUT2D eigenvalue weighted by Gasteiger charge is 2.23. The molecule has 2 rings (SSSR count). The van der Waals surface area contributed by atoms with Crippen molar-refractivity contribution in [2.75, 3.05) is 45.2 Å². The third kappa shape index (κ3) is 3.95. The van der Waals surface area contributed by atoms with Crippen molar-refractivity contribution in [2.24, 2.45) is 5.92 Å². The molecule has 118 valence electrons. The second kappa shape index (κ2) is 7.23. The van der Waals surface area contributed by atoms with Crippen molar-refractivity contribution in [2.45, 2.75) is 26.3 Å². The number of nitrogens with zero attached hydrogens (tertiary/aromatic N) is 2. The Hall–Kier alpha value is -1.13. The molecule has 1 aliphatic heterocycles. The Bertz CT molecular complexity index is 463. The van der Waals surface area contributed by atoms with E-state index in [0.29, 0.717) is 5.92 Å². The number of rotatable bonds is 6. The highest BCUT2D eigenvalue weighted by Crippen LogP contribution is 2.30. The van der Waals surface area contributed by atoms with Crippen LogP contribution >= 0.6 is 0 Å². The van der Waals surface area contributed by atoms with Crippen LogP contribution in [0.4, 0.5) is 10.1 Å². The fraction of sp³-hybridized carbons (Fsp3) is 0.647. The zero-order chi connectivity index (χ0) is 15.4. The van der Waals surface area contributed by atoms with Gasteiger partial charge in [0, 0.05) is 26.2 Å². The number of nitrogens with one attached hydrogen (secondary N) is 1. The maximum atomic E-state index is 14.4. The third-order valence-electron chi connectivity index (χ3n) is 4.40. The van der Waals surface area contributed by atoms with Gasteiger partial charge in [-0.15, -0.1) is 0 Å². The molecule has 1 aliphatic rings. The fourth-order valence-corrected chi connectivity index (χ4v) is 3.35. The molecule has 0 radical (unpaired) electrons. The van der Waals surface area contributed by atoms with Crippen molar-refractivity contribution in [3.63, 3.8) is 0 Å². The van der Waals surface area contributed by atoms with Crippen molar-refractivity contribution in [3.05, 3.63) is 29.6 Å². The number of hydrogen-bond donors (Lipinski definition) is 1. The van der Waals surface area contributed by atoms with Crippen LogP contribution in [0.5, 0.6) is 0 Å². The normalized spacial score (nSPS) is 20.7. The van der Waals surface area contributed by atoms with Crippen molar-refractivity contribution < 1.29 is 4.39 Å². The van der Waals surface area contributed by atoms with E-state index in [-0.39, 0.29) is 11.9 Å².